The standard InChI is InChI=1S/C17H24O3/c1-17(2,3)9-11-20-13-15-12-16(19-4)8-7-14(15)6-5-10-18/h7-8,12,18H,9-11,13H2,1-4H3. The van der Waals surface area contributed by atoms with E-state index in [2.05, 4.69) is 32.6 Å². The van der Waals surface area contributed by atoms with Crippen LogP contribution in [0.25, 0.3) is 0 Å². The fraction of sp³-hybridized carbons (Fsp3) is 0.529. The molecule has 0 unspecified atom stereocenters. The highest BCUT2D eigenvalue weighted by Gasteiger charge is 2.10. The van der Waals surface area contributed by atoms with E-state index in [1.165, 1.54) is 0 Å². The smallest absolute Gasteiger partial charge is 0.119 e. The van der Waals surface area contributed by atoms with Crippen molar-refractivity contribution < 1.29 is 14.6 Å². The van der Waals surface area contributed by atoms with Crippen molar-refractivity contribution in [2.45, 2.75) is 33.8 Å². The van der Waals surface area contributed by atoms with Gasteiger partial charge in [-0.3, -0.25) is 0 Å². The molecule has 110 valence electrons. The van der Waals surface area contributed by atoms with Crippen LogP contribution in [0.3, 0.4) is 0 Å². The van der Waals surface area contributed by atoms with E-state index >= 15 is 0 Å². The second kappa shape index (κ2) is 7.94. The highest BCUT2D eigenvalue weighted by atomic mass is 16.5. The number of methoxy groups -OCH3 is 1. The minimum absolute atomic E-state index is 0.143. The van der Waals surface area contributed by atoms with Crippen LogP contribution in [0.4, 0.5) is 0 Å². The van der Waals surface area contributed by atoms with Crippen molar-refractivity contribution in [2.75, 3.05) is 20.3 Å². The zero-order chi connectivity index (χ0) is 15.0. The topological polar surface area (TPSA) is 38.7 Å². The molecule has 1 aromatic carbocycles. The van der Waals surface area contributed by atoms with E-state index in [9.17, 15) is 0 Å². The van der Waals surface area contributed by atoms with Gasteiger partial charge in [-0.25, -0.2) is 0 Å². The zero-order valence-corrected chi connectivity index (χ0v) is 12.8. The molecule has 3 heteroatoms. The largest absolute Gasteiger partial charge is 0.497 e. The van der Waals surface area contributed by atoms with Crippen LogP contribution < -0.4 is 4.74 Å². The van der Waals surface area contributed by atoms with E-state index in [4.69, 9.17) is 14.6 Å². The molecule has 0 saturated carbocycles. The molecule has 0 spiro atoms. The summed E-state index contributed by atoms with van der Waals surface area (Å²) in [7, 11) is 1.64. The average molecular weight is 276 g/mol. The van der Waals surface area contributed by atoms with E-state index in [1.54, 1.807) is 7.11 Å². The maximum absolute atomic E-state index is 8.79. The first-order valence-electron chi connectivity index (χ1n) is 6.80. The lowest BCUT2D eigenvalue weighted by Gasteiger charge is -2.18. The summed E-state index contributed by atoms with van der Waals surface area (Å²) < 4.78 is 11.0. The maximum Gasteiger partial charge on any atom is 0.119 e. The number of benzene rings is 1. The lowest BCUT2D eigenvalue weighted by Crippen LogP contribution is -2.09. The van der Waals surface area contributed by atoms with Gasteiger partial charge in [0.2, 0.25) is 0 Å². The van der Waals surface area contributed by atoms with Crippen molar-refractivity contribution in [2.24, 2.45) is 5.41 Å². The lowest BCUT2D eigenvalue weighted by atomic mass is 9.93. The van der Waals surface area contributed by atoms with Crippen molar-refractivity contribution in [3.63, 3.8) is 0 Å². The predicted molar refractivity (Wildman–Crippen MR) is 80.7 cm³/mol. The molecule has 0 aliphatic carbocycles. The third-order valence-electron chi connectivity index (χ3n) is 2.87. The molecule has 0 atom stereocenters. The van der Waals surface area contributed by atoms with E-state index in [0.717, 1.165) is 23.3 Å². The molecule has 0 saturated heterocycles. The Morgan fingerprint density at radius 3 is 2.60 bits per heavy atom. The van der Waals surface area contributed by atoms with Crippen LogP contribution in [-0.2, 0) is 11.3 Å². The van der Waals surface area contributed by atoms with Crippen molar-refractivity contribution in [1.29, 1.82) is 0 Å². The summed E-state index contributed by atoms with van der Waals surface area (Å²) in [4.78, 5) is 0. The molecule has 0 bridgehead atoms. The fourth-order valence-electron chi connectivity index (χ4n) is 1.63. The molecule has 20 heavy (non-hydrogen) atoms. The molecule has 0 heterocycles. The Kier molecular flexibility index (Phi) is 6.57. The Balaban J connectivity index is 2.70. The first kappa shape index (κ1) is 16.6. The van der Waals surface area contributed by atoms with Crippen LogP contribution in [0.15, 0.2) is 18.2 Å². The summed E-state index contributed by atoms with van der Waals surface area (Å²) in [6.45, 7) is 7.66. The van der Waals surface area contributed by atoms with Gasteiger partial charge in [0.25, 0.3) is 0 Å². The summed E-state index contributed by atoms with van der Waals surface area (Å²) in [5.41, 5.74) is 2.13. The second-order valence-electron chi connectivity index (χ2n) is 5.85. The molecule has 1 N–H and O–H groups in total. The SMILES string of the molecule is COc1ccc(C#CCO)c(COCCC(C)(C)C)c1. The van der Waals surface area contributed by atoms with E-state index in [0.29, 0.717) is 13.2 Å². The lowest BCUT2D eigenvalue weighted by molar-refractivity contribution is 0.0960. The zero-order valence-electron chi connectivity index (χ0n) is 12.8. The Morgan fingerprint density at radius 1 is 1.25 bits per heavy atom. The van der Waals surface area contributed by atoms with Crippen LogP contribution in [0.5, 0.6) is 5.75 Å². The molecule has 1 aromatic rings. The van der Waals surface area contributed by atoms with Crippen LogP contribution in [0, 0.1) is 17.3 Å². The van der Waals surface area contributed by atoms with Crippen LogP contribution in [0.1, 0.15) is 38.3 Å². The molecule has 0 aliphatic rings. The first-order valence-corrected chi connectivity index (χ1v) is 6.80. The first-order chi connectivity index (χ1) is 9.46. The summed E-state index contributed by atoms with van der Waals surface area (Å²) in [5, 5.41) is 8.79. The number of hydrogen-bond donors (Lipinski definition) is 1. The molecule has 0 fully saturated rings. The quantitative estimate of drug-likeness (QED) is 0.664. The van der Waals surface area contributed by atoms with Gasteiger partial charge >= 0.3 is 0 Å². The molecule has 1 rings (SSSR count). The van der Waals surface area contributed by atoms with Gasteiger partial charge in [-0.2, -0.15) is 0 Å². The molecular formula is C17H24O3. The average Bonchev–Trinajstić information content (AvgIpc) is 2.40. The summed E-state index contributed by atoms with van der Waals surface area (Å²) >= 11 is 0. The summed E-state index contributed by atoms with van der Waals surface area (Å²) in [5.74, 6) is 6.39. The van der Waals surface area contributed by atoms with E-state index < -0.39 is 0 Å². The van der Waals surface area contributed by atoms with Crippen molar-refractivity contribution in [3.8, 4) is 17.6 Å². The minimum atomic E-state index is -0.143. The Labute approximate surface area is 121 Å². The Hall–Kier alpha value is -1.50. The van der Waals surface area contributed by atoms with Crippen molar-refractivity contribution in [1.82, 2.24) is 0 Å². The maximum atomic E-state index is 8.79. The summed E-state index contributed by atoms with van der Waals surface area (Å²) in [6, 6.07) is 5.68. The van der Waals surface area contributed by atoms with Gasteiger partial charge in [0, 0.05) is 12.2 Å². The number of hydrogen-bond acceptors (Lipinski definition) is 3. The number of aliphatic hydroxyl groups is 1. The fourth-order valence-corrected chi connectivity index (χ4v) is 1.63. The molecule has 0 radical (unpaired) electrons. The Bertz CT molecular complexity index is 475. The van der Waals surface area contributed by atoms with Gasteiger partial charge < -0.3 is 14.6 Å². The van der Waals surface area contributed by atoms with Crippen LogP contribution >= 0.6 is 0 Å². The van der Waals surface area contributed by atoms with Gasteiger partial charge in [0.1, 0.15) is 12.4 Å². The molecule has 0 aromatic heterocycles. The van der Waals surface area contributed by atoms with E-state index in [-0.39, 0.29) is 12.0 Å². The molecule has 3 nitrogen and oxygen atoms in total. The van der Waals surface area contributed by atoms with Crippen LogP contribution in [0.2, 0.25) is 0 Å². The van der Waals surface area contributed by atoms with Gasteiger partial charge in [0.05, 0.1) is 13.7 Å². The van der Waals surface area contributed by atoms with Crippen molar-refractivity contribution >= 4 is 0 Å². The number of aliphatic hydroxyl groups excluding tert-OH is 1. The third-order valence-corrected chi connectivity index (χ3v) is 2.87. The second-order valence-corrected chi connectivity index (χ2v) is 5.85. The van der Waals surface area contributed by atoms with E-state index in [1.807, 2.05) is 18.2 Å². The molecule has 0 aliphatic heterocycles. The highest BCUT2D eigenvalue weighted by molar-refractivity contribution is 5.45. The third kappa shape index (κ3) is 6.10. The highest BCUT2D eigenvalue weighted by Crippen LogP contribution is 2.20. The minimum Gasteiger partial charge on any atom is -0.497 e. The number of rotatable bonds is 5. The van der Waals surface area contributed by atoms with Gasteiger partial charge in [-0.15, -0.1) is 0 Å². The molecular weight excluding hydrogens is 252 g/mol. The van der Waals surface area contributed by atoms with Gasteiger partial charge in [-0.05, 0) is 35.6 Å². The summed E-state index contributed by atoms with van der Waals surface area (Å²) in [6.07, 6.45) is 1.01. The normalized spacial score (nSPS) is 10.8. The van der Waals surface area contributed by atoms with Crippen molar-refractivity contribution in [3.05, 3.63) is 29.3 Å². The number of ether oxygens (including phenoxy) is 2. The molecule has 0 amide bonds. The van der Waals surface area contributed by atoms with Gasteiger partial charge in [0.15, 0.2) is 0 Å². The monoisotopic (exact) mass is 276 g/mol. The van der Waals surface area contributed by atoms with Gasteiger partial charge in [-0.1, -0.05) is 32.6 Å². The van der Waals surface area contributed by atoms with Crippen LogP contribution in [-0.4, -0.2) is 25.4 Å². The predicted octanol–water partition coefficient (Wildman–Crippen LogP) is 2.99. The Morgan fingerprint density at radius 2 is 2.00 bits per heavy atom.